The highest BCUT2D eigenvalue weighted by Crippen LogP contribution is 2.19. The van der Waals surface area contributed by atoms with Crippen molar-refractivity contribution in [2.75, 3.05) is 6.54 Å². The molecule has 6 rings (SSSR count). The van der Waals surface area contributed by atoms with Gasteiger partial charge in [-0.1, -0.05) is 78.9 Å². The SMILES string of the molecule is CC1NC(=O)CC[C@H](NC(=O)CCc2ccccc2)C(=O)N[C@@H](Cc2cnc[nH]2)C(=O)N[C@H](Cc2ccccc2)C(=O)N[C@@H](CCCN=C(N)N)C(=O)N[C@@H]1C(=O)N[C@@H](Cc1c[nH]c2ccccc12)C(N)=O. The zero-order chi connectivity index (χ0) is 51.6. The topological polar surface area (TPSA) is 356 Å². The number of nitrogens with one attached hydrogen (secondary N) is 9. The van der Waals surface area contributed by atoms with E-state index in [4.69, 9.17) is 17.2 Å². The van der Waals surface area contributed by atoms with Gasteiger partial charge in [0.25, 0.3) is 0 Å². The summed E-state index contributed by atoms with van der Waals surface area (Å²) >= 11 is 0. The highest BCUT2D eigenvalue weighted by atomic mass is 16.2. The number of imidazole rings is 1. The molecule has 22 heteroatoms. The van der Waals surface area contributed by atoms with Crippen LogP contribution >= 0.6 is 0 Å². The molecular weight excluding hydrogens is 925 g/mol. The molecule has 2 aromatic heterocycles. The van der Waals surface area contributed by atoms with E-state index in [2.05, 4.69) is 57.2 Å². The van der Waals surface area contributed by atoms with E-state index in [-0.39, 0.29) is 63.9 Å². The number of nitrogens with zero attached hydrogens (tertiary/aromatic N) is 2. The fraction of sp³-hybridized carbons (Fsp3) is 0.360. The molecule has 5 aromatic rings. The molecule has 7 atom stereocenters. The Kier molecular flexibility index (Phi) is 19.0. The number of hydrogen-bond donors (Lipinski definition) is 12. The summed E-state index contributed by atoms with van der Waals surface area (Å²) in [5, 5.41) is 19.8. The average molecular weight is 987 g/mol. The Morgan fingerprint density at radius 3 is 2.07 bits per heavy atom. The molecule has 1 fully saturated rings. The van der Waals surface area contributed by atoms with Crippen molar-refractivity contribution in [1.82, 2.24) is 52.2 Å². The number of nitrogens with two attached hydrogens (primary N) is 3. The molecule has 1 aliphatic heterocycles. The van der Waals surface area contributed by atoms with Gasteiger partial charge in [-0.3, -0.25) is 43.3 Å². The Morgan fingerprint density at radius 2 is 1.39 bits per heavy atom. The lowest BCUT2D eigenvalue weighted by Crippen LogP contribution is -2.63. The van der Waals surface area contributed by atoms with E-state index in [9.17, 15) is 38.4 Å². The summed E-state index contributed by atoms with van der Waals surface area (Å²) in [7, 11) is 0. The third kappa shape index (κ3) is 15.7. The molecule has 0 radical (unpaired) electrons. The molecule has 3 aromatic carbocycles. The smallest absolute Gasteiger partial charge is 0.245 e. The van der Waals surface area contributed by atoms with E-state index in [0.29, 0.717) is 23.2 Å². The molecule has 1 saturated heterocycles. The predicted octanol–water partition coefficient (Wildman–Crippen LogP) is -0.702. The van der Waals surface area contributed by atoms with Crippen LogP contribution in [0.5, 0.6) is 0 Å². The van der Waals surface area contributed by atoms with Gasteiger partial charge in [0.15, 0.2) is 5.96 Å². The van der Waals surface area contributed by atoms with Crippen molar-refractivity contribution in [3.8, 4) is 0 Å². The summed E-state index contributed by atoms with van der Waals surface area (Å²) in [6.45, 7) is 1.51. The lowest BCUT2D eigenvalue weighted by molar-refractivity contribution is -0.136. The van der Waals surface area contributed by atoms with Gasteiger partial charge in [0.1, 0.15) is 36.3 Å². The lowest BCUT2D eigenvalue weighted by atomic mass is 10.0. The van der Waals surface area contributed by atoms with Crippen molar-refractivity contribution in [2.45, 2.75) is 107 Å². The van der Waals surface area contributed by atoms with Crippen LogP contribution in [0.15, 0.2) is 109 Å². The zero-order valence-corrected chi connectivity index (χ0v) is 39.8. The maximum atomic E-state index is 14.6. The number of H-pyrrole nitrogens is 2. The minimum Gasteiger partial charge on any atom is -0.370 e. The summed E-state index contributed by atoms with van der Waals surface area (Å²) in [6, 6.07) is 15.8. The average Bonchev–Trinajstić information content (AvgIpc) is 4.04. The maximum absolute atomic E-state index is 14.6. The van der Waals surface area contributed by atoms with Crippen molar-refractivity contribution in [3.63, 3.8) is 0 Å². The van der Waals surface area contributed by atoms with E-state index in [0.717, 1.165) is 16.5 Å². The number of aliphatic imine (C=N–C) groups is 1. The van der Waals surface area contributed by atoms with Crippen LogP contribution < -0.4 is 54.4 Å². The summed E-state index contributed by atoms with van der Waals surface area (Å²) in [4.78, 5) is 127. The van der Waals surface area contributed by atoms with Gasteiger partial charge in [0.2, 0.25) is 47.3 Å². The molecule has 3 heterocycles. The molecule has 1 unspecified atom stereocenters. The Hall–Kier alpha value is -8.56. The quantitative estimate of drug-likeness (QED) is 0.0314. The number of amides is 8. The predicted molar refractivity (Wildman–Crippen MR) is 267 cm³/mol. The number of fused-ring (bicyclic) bond motifs is 1. The monoisotopic (exact) mass is 986 g/mol. The van der Waals surface area contributed by atoms with E-state index in [1.165, 1.54) is 19.4 Å². The number of guanidine groups is 1. The van der Waals surface area contributed by atoms with Gasteiger partial charge in [-0.05, 0) is 55.4 Å². The van der Waals surface area contributed by atoms with Crippen LogP contribution in [0.2, 0.25) is 0 Å². The normalized spacial score (nSPS) is 20.8. The minimum absolute atomic E-state index is 0.0102. The van der Waals surface area contributed by atoms with Gasteiger partial charge in [-0.2, -0.15) is 0 Å². The maximum Gasteiger partial charge on any atom is 0.245 e. The van der Waals surface area contributed by atoms with Crippen molar-refractivity contribution in [2.24, 2.45) is 22.2 Å². The van der Waals surface area contributed by atoms with Crippen LogP contribution in [0.1, 0.15) is 61.4 Å². The molecule has 22 nitrogen and oxygen atoms in total. The van der Waals surface area contributed by atoms with Gasteiger partial charge in [0.05, 0.1) is 12.4 Å². The number of aromatic nitrogens is 3. The molecular formula is C50H62N14O8. The first kappa shape index (κ1) is 52.8. The molecule has 380 valence electrons. The standard InChI is InChI=1S/C50H62N14O8/c1-29-43(49(72)61-38(44(51)67)24-32-26-56-35-16-9-8-15-34(32)35)64-46(69)36(17-10-22-55-50(52)53)60-47(70)39(23-31-13-6-3-7-14-31)62-48(71)40(25-33-27-54-28-57-33)63-45(68)37(19-21-41(65)58-29)59-42(66)20-18-30-11-4-2-5-12-30/h2-9,11-16,26-29,36-40,43,56H,10,17-25H2,1H3,(H2,51,67)(H,54,57)(H,58,65)(H,59,66)(H,60,70)(H,61,72)(H,62,71)(H,63,68)(H,64,69)(H4,52,53,55)/t29?,36-,37-,38-,39+,40-,43-/m0/s1. The number of carbonyl (C=O) groups is 8. The second-order valence-electron chi connectivity index (χ2n) is 17.6. The van der Waals surface area contributed by atoms with E-state index >= 15 is 0 Å². The molecule has 0 saturated carbocycles. The molecule has 0 aliphatic carbocycles. The van der Waals surface area contributed by atoms with E-state index in [1.54, 1.807) is 36.5 Å². The molecule has 72 heavy (non-hydrogen) atoms. The summed E-state index contributed by atoms with van der Waals surface area (Å²) < 4.78 is 0. The van der Waals surface area contributed by atoms with Crippen LogP contribution in [-0.4, -0.2) is 117 Å². The Bertz CT molecular complexity index is 2690. The van der Waals surface area contributed by atoms with Crippen LogP contribution in [0.25, 0.3) is 10.9 Å². The number of primary amides is 1. The van der Waals surface area contributed by atoms with Crippen LogP contribution in [0, 0.1) is 0 Å². The number of aryl methyl sites for hydroxylation is 1. The van der Waals surface area contributed by atoms with Crippen molar-refractivity contribution in [1.29, 1.82) is 0 Å². The van der Waals surface area contributed by atoms with E-state index < -0.39 is 89.6 Å². The van der Waals surface area contributed by atoms with Gasteiger partial charge in [0, 0.05) is 67.6 Å². The van der Waals surface area contributed by atoms with Crippen LogP contribution in [-0.2, 0) is 64.0 Å². The lowest BCUT2D eigenvalue weighted by Gasteiger charge is -2.30. The van der Waals surface area contributed by atoms with Gasteiger partial charge in [-0.25, -0.2) is 4.98 Å². The number of carbonyl (C=O) groups excluding carboxylic acids is 8. The second kappa shape index (κ2) is 25.9. The van der Waals surface area contributed by atoms with Crippen LogP contribution in [0.3, 0.4) is 0 Å². The molecule has 0 spiro atoms. The summed E-state index contributed by atoms with van der Waals surface area (Å²) in [5.41, 5.74) is 20.4. The van der Waals surface area contributed by atoms with Crippen LogP contribution in [0.4, 0.5) is 0 Å². The fourth-order valence-electron chi connectivity index (χ4n) is 8.27. The first-order chi connectivity index (χ1) is 34.6. The number of aromatic amines is 2. The summed E-state index contributed by atoms with van der Waals surface area (Å²) in [5.74, 6) is -6.44. The molecule has 0 bridgehead atoms. The minimum atomic E-state index is -1.60. The zero-order valence-electron chi connectivity index (χ0n) is 39.8. The second-order valence-corrected chi connectivity index (χ2v) is 17.6. The van der Waals surface area contributed by atoms with Gasteiger partial charge in [-0.15, -0.1) is 0 Å². The van der Waals surface area contributed by atoms with E-state index in [1.807, 2.05) is 54.6 Å². The number of hydrogen-bond acceptors (Lipinski definition) is 10. The van der Waals surface area contributed by atoms with Crippen molar-refractivity contribution >= 4 is 64.1 Å². The Balaban J connectivity index is 1.34. The third-order valence-electron chi connectivity index (χ3n) is 12.1. The van der Waals surface area contributed by atoms with Crippen molar-refractivity contribution < 1.29 is 38.4 Å². The third-order valence-corrected chi connectivity index (χ3v) is 12.1. The number of rotatable bonds is 17. The largest absolute Gasteiger partial charge is 0.370 e. The Morgan fingerprint density at radius 1 is 0.750 bits per heavy atom. The first-order valence-electron chi connectivity index (χ1n) is 23.7. The number of para-hydroxylation sites is 1. The van der Waals surface area contributed by atoms with Gasteiger partial charge < -0.3 is 64.4 Å². The highest BCUT2D eigenvalue weighted by molar-refractivity contribution is 5.98. The highest BCUT2D eigenvalue weighted by Gasteiger charge is 2.36. The molecule has 8 amide bonds. The van der Waals surface area contributed by atoms with Crippen molar-refractivity contribution in [3.05, 3.63) is 126 Å². The Labute approximate surface area is 415 Å². The first-order valence-corrected chi connectivity index (χ1v) is 23.7. The number of benzene rings is 3. The summed E-state index contributed by atoms with van der Waals surface area (Å²) in [6.07, 6.45) is 4.10. The molecule has 15 N–H and O–H groups in total. The molecule has 1 aliphatic rings. The van der Waals surface area contributed by atoms with Gasteiger partial charge >= 0.3 is 0 Å². The fourth-order valence-corrected chi connectivity index (χ4v) is 8.27.